The molecule has 1 aliphatic rings. The van der Waals surface area contributed by atoms with Crippen molar-refractivity contribution in [3.8, 4) is 11.5 Å². The number of ether oxygens (including phenoxy) is 3. The van der Waals surface area contributed by atoms with Crippen LogP contribution in [0.15, 0.2) is 54.0 Å². The average molecular weight is 499 g/mol. The Kier molecular flexibility index (Phi) is 9.04. The summed E-state index contributed by atoms with van der Waals surface area (Å²) in [7, 11) is 1.51. The smallest absolute Gasteiger partial charge is 0.293 e. The third-order valence-electron chi connectivity index (χ3n) is 5.01. The number of nitrogens with zero attached hydrogens (tertiary/aromatic N) is 2. The van der Waals surface area contributed by atoms with Gasteiger partial charge in [0.05, 0.1) is 29.6 Å². The molecule has 0 aromatic heterocycles. The van der Waals surface area contributed by atoms with E-state index in [0.717, 1.165) is 22.2 Å². The van der Waals surface area contributed by atoms with Crippen molar-refractivity contribution in [1.82, 2.24) is 4.90 Å². The van der Waals surface area contributed by atoms with Crippen molar-refractivity contribution in [1.29, 1.82) is 0 Å². The predicted octanol–water partition coefficient (Wildman–Crippen LogP) is 4.98. The minimum absolute atomic E-state index is 0.0164. The first-order chi connectivity index (χ1) is 16.9. The molecule has 1 saturated heterocycles. The van der Waals surface area contributed by atoms with Crippen molar-refractivity contribution in [2.24, 2.45) is 0 Å². The van der Waals surface area contributed by atoms with Gasteiger partial charge in [0.15, 0.2) is 11.5 Å². The highest BCUT2D eigenvalue weighted by atomic mass is 32.2. The first-order valence-corrected chi connectivity index (χ1v) is 11.7. The number of carbonyl (C=O) groups excluding carboxylic acids is 2. The summed E-state index contributed by atoms with van der Waals surface area (Å²) >= 11 is 0.877. The number of thioether (sulfide) groups is 1. The van der Waals surface area contributed by atoms with Crippen LogP contribution >= 0.6 is 11.8 Å². The topological polar surface area (TPSA) is 108 Å². The molecule has 0 radical (unpaired) electrons. The van der Waals surface area contributed by atoms with Gasteiger partial charge in [-0.2, -0.15) is 0 Å². The molecule has 0 saturated carbocycles. The van der Waals surface area contributed by atoms with Gasteiger partial charge in [-0.3, -0.25) is 24.6 Å². The maximum atomic E-state index is 12.7. The van der Waals surface area contributed by atoms with Crippen LogP contribution in [0.1, 0.15) is 23.6 Å². The van der Waals surface area contributed by atoms with E-state index in [1.54, 1.807) is 30.4 Å². The van der Waals surface area contributed by atoms with Gasteiger partial charge < -0.3 is 14.2 Å². The molecule has 0 bridgehead atoms. The van der Waals surface area contributed by atoms with Crippen LogP contribution in [0, 0.1) is 10.1 Å². The molecule has 2 aromatic rings. The molecule has 35 heavy (non-hydrogen) atoms. The fourth-order valence-electron chi connectivity index (χ4n) is 3.44. The summed E-state index contributed by atoms with van der Waals surface area (Å²) in [5.74, 6) is 0.581. The van der Waals surface area contributed by atoms with E-state index in [1.165, 1.54) is 19.2 Å². The third kappa shape index (κ3) is 6.49. The van der Waals surface area contributed by atoms with Crippen molar-refractivity contribution in [3.63, 3.8) is 0 Å². The summed E-state index contributed by atoms with van der Waals surface area (Å²) in [6, 6.07) is 9.81. The summed E-state index contributed by atoms with van der Waals surface area (Å²) in [5, 5.41) is 10.7. The first-order valence-electron chi connectivity index (χ1n) is 10.9. The minimum atomic E-state index is -0.454. The van der Waals surface area contributed by atoms with Gasteiger partial charge in [-0.25, -0.2) is 0 Å². The molecule has 0 unspecified atom stereocenters. The highest BCUT2D eigenvalue weighted by Gasteiger charge is 2.34. The molecule has 1 heterocycles. The Hall–Kier alpha value is -3.63. The second-order valence-corrected chi connectivity index (χ2v) is 8.47. The Balaban J connectivity index is 1.92. The Morgan fingerprint density at radius 1 is 1.20 bits per heavy atom. The number of hydrogen-bond acceptors (Lipinski definition) is 8. The van der Waals surface area contributed by atoms with Gasteiger partial charge in [0, 0.05) is 24.8 Å². The van der Waals surface area contributed by atoms with Crippen molar-refractivity contribution < 1.29 is 28.7 Å². The third-order valence-corrected chi connectivity index (χ3v) is 5.92. The summed E-state index contributed by atoms with van der Waals surface area (Å²) < 4.78 is 16.9. The lowest BCUT2D eigenvalue weighted by molar-refractivity contribution is -0.384. The fraction of sp³-hybridized carbons (Fsp3) is 0.280. The molecule has 0 atom stereocenters. The van der Waals surface area contributed by atoms with Crippen molar-refractivity contribution in [2.75, 3.05) is 26.9 Å². The predicted molar refractivity (Wildman–Crippen MR) is 133 cm³/mol. The van der Waals surface area contributed by atoms with Crippen LogP contribution in [0.2, 0.25) is 0 Å². The van der Waals surface area contributed by atoms with E-state index >= 15 is 0 Å². The Morgan fingerprint density at radius 3 is 2.69 bits per heavy atom. The molecule has 1 fully saturated rings. The minimum Gasteiger partial charge on any atom is -0.490 e. The van der Waals surface area contributed by atoms with Gasteiger partial charge in [0.2, 0.25) is 0 Å². The van der Waals surface area contributed by atoms with Gasteiger partial charge in [-0.05, 0) is 54.4 Å². The number of nitro benzene ring substituents is 1. The van der Waals surface area contributed by atoms with Crippen LogP contribution in [0.4, 0.5) is 10.5 Å². The van der Waals surface area contributed by atoms with Gasteiger partial charge in [0.25, 0.3) is 16.8 Å². The summed E-state index contributed by atoms with van der Waals surface area (Å²) in [6.45, 7) is 6.57. The highest BCUT2D eigenvalue weighted by molar-refractivity contribution is 8.18. The van der Waals surface area contributed by atoms with Gasteiger partial charge in [-0.1, -0.05) is 18.2 Å². The molecule has 2 aromatic carbocycles. The van der Waals surface area contributed by atoms with Crippen LogP contribution in [-0.4, -0.2) is 47.8 Å². The number of non-ortho nitro benzene ring substituents is 1. The van der Waals surface area contributed by atoms with E-state index in [-0.39, 0.29) is 36.6 Å². The molecule has 0 N–H and O–H groups in total. The standard InChI is InChI=1S/C25H26N2O7S/c1-4-7-19-12-18(15-22-24(28)26(10-11-32-3)25(29)35-22)14-21(33-5-2)23(19)34-16-17-8-6-9-20(13-17)27(30)31/h4,6,8-9,12-15H,1,5,7,10-11,16H2,2-3H3/b22-15+. The van der Waals surface area contributed by atoms with E-state index in [2.05, 4.69) is 6.58 Å². The summed E-state index contributed by atoms with van der Waals surface area (Å²) in [5.41, 5.74) is 2.06. The SMILES string of the molecule is C=CCc1cc(/C=C2/SC(=O)N(CCOC)C2=O)cc(OCC)c1OCc1cccc([N+](=O)[O-])c1. The fourth-order valence-corrected chi connectivity index (χ4v) is 4.31. The second-order valence-electron chi connectivity index (χ2n) is 7.47. The molecule has 3 rings (SSSR count). The number of methoxy groups -OCH3 is 1. The number of carbonyl (C=O) groups is 2. The van der Waals surface area contributed by atoms with Crippen LogP contribution in [0.3, 0.4) is 0 Å². The number of imide groups is 1. The molecule has 10 heteroatoms. The van der Waals surface area contributed by atoms with Crippen LogP contribution in [0.5, 0.6) is 11.5 Å². The van der Waals surface area contributed by atoms with E-state index in [9.17, 15) is 19.7 Å². The summed E-state index contributed by atoms with van der Waals surface area (Å²) in [4.78, 5) is 37.0. The zero-order valence-corrected chi connectivity index (χ0v) is 20.3. The Labute approximate surface area is 207 Å². The van der Waals surface area contributed by atoms with E-state index < -0.39 is 4.92 Å². The lowest BCUT2D eigenvalue weighted by Crippen LogP contribution is -2.31. The Morgan fingerprint density at radius 2 is 2.00 bits per heavy atom. The molecule has 2 amide bonds. The molecule has 184 valence electrons. The van der Waals surface area contributed by atoms with Crippen LogP contribution in [-0.2, 0) is 22.6 Å². The second kappa shape index (κ2) is 12.2. The molecular formula is C25H26N2O7S. The monoisotopic (exact) mass is 498 g/mol. The quantitative estimate of drug-likeness (QED) is 0.174. The van der Waals surface area contributed by atoms with Gasteiger partial charge >= 0.3 is 0 Å². The normalized spacial score (nSPS) is 14.5. The lowest BCUT2D eigenvalue weighted by atomic mass is 10.0. The zero-order chi connectivity index (χ0) is 25.4. The molecule has 9 nitrogen and oxygen atoms in total. The molecule has 0 aliphatic carbocycles. The van der Waals surface area contributed by atoms with Gasteiger partial charge in [-0.15, -0.1) is 6.58 Å². The number of rotatable bonds is 12. The van der Waals surface area contributed by atoms with Crippen molar-refractivity contribution >= 4 is 34.7 Å². The number of allylic oxidation sites excluding steroid dienone is 1. The largest absolute Gasteiger partial charge is 0.490 e. The first kappa shape index (κ1) is 26.0. The number of hydrogen-bond donors (Lipinski definition) is 0. The van der Waals surface area contributed by atoms with Crippen LogP contribution in [0.25, 0.3) is 6.08 Å². The van der Waals surface area contributed by atoms with Crippen LogP contribution < -0.4 is 9.47 Å². The molecular weight excluding hydrogens is 472 g/mol. The highest BCUT2D eigenvalue weighted by Crippen LogP contribution is 2.37. The van der Waals surface area contributed by atoms with Crippen molar-refractivity contribution in [3.05, 3.63) is 80.8 Å². The average Bonchev–Trinajstić information content (AvgIpc) is 3.09. The zero-order valence-electron chi connectivity index (χ0n) is 19.5. The number of amides is 2. The maximum Gasteiger partial charge on any atom is 0.293 e. The van der Waals surface area contributed by atoms with E-state index in [0.29, 0.717) is 40.6 Å². The Bertz CT molecular complexity index is 1160. The number of nitro groups is 1. The van der Waals surface area contributed by atoms with Gasteiger partial charge in [0.1, 0.15) is 6.61 Å². The lowest BCUT2D eigenvalue weighted by Gasteiger charge is -2.17. The molecule has 0 spiro atoms. The molecule has 1 aliphatic heterocycles. The van der Waals surface area contributed by atoms with Crippen molar-refractivity contribution in [2.45, 2.75) is 20.0 Å². The summed E-state index contributed by atoms with van der Waals surface area (Å²) in [6.07, 6.45) is 3.83. The van der Waals surface area contributed by atoms with E-state index in [1.807, 2.05) is 13.0 Å². The number of benzene rings is 2. The maximum absolute atomic E-state index is 12.7. The van der Waals surface area contributed by atoms with E-state index in [4.69, 9.17) is 14.2 Å².